The summed E-state index contributed by atoms with van der Waals surface area (Å²) in [5.41, 5.74) is 8.53. The van der Waals surface area contributed by atoms with E-state index in [1.807, 2.05) is 31.3 Å². The van der Waals surface area contributed by atoms with Crippen molar-refractivity contribution in [2.24, 2.45) is 0 Å². The molecule has 0 spiro atoms. The summed E-state index contributed by atoms with van der Waals surface area (Å²) in [6, 6.07) is 13.0. The van der Waals surface area contributed by atoms with E-state index in [0.717, 1.165) is 16.8 Å². The molecular formula is C16H16FN3S. The number of benzene rings is 2. The zero-order chi connectivity index (χ0) is 14.8. The first-order valence-electron chi connectivity index (χ1n) is 6.69. The molecule has 108 valence electrons. The predicted octanol–water partition coefficient (Wildman–Crippen LogP) is 3.65. The number of anilines is 1. The molecule has 0 amide bonds. The molecule has 0 aliphatic heterocycles. The van der Waals surface area contributed by atoms with Crippen LogP contribution in [0.4, 0.5) is 9.52 Å². The van der Waals surface area contributed by atoms with Gasteiger partial charge in [0.15, 0.2) is 5.13 Å². The van der Waals surface area contributed by atoms with Crippen molar-refractivity contribution in [1.82, 2.24) is 9.88 Å². The lowest BCUT2D eigenvalue weighted by Crippen LogP contribution is -2.17. The smallest absolute Gasteiger partial charge is 0.181 e. The average Bonchev–Trinajstić information content (AvgIpc) is 2.80. The minimum absolute atomic E-state index is 0.157. The van der Waals surface area contributed by atoms with Gasteiger partial charge >= 0.3 is 0 Å². The SMILES string of the molecule is CN(Cc1ccc2nc(N)sc2c1)Cc1ccccc1F. The second-order valence-electron chi connectivity index (χ2n) is 5.12. The fourth-order valence-electron chi connectivity index (χ4n) is 2.37. The van der Waals surface area contributed by atoms with E-state index in [0.29, 0.717) is 17.2 Å². The van der Waals surface area contributed by atoms with E-state index in [4.69, 9.17) is 5.73 Å². The number of hydrogen-bond donors (Lipinski definition) is 1. The van der Waals surface area contributed by atoms with Crippen LogP contribution in [0.2, 0.25) is 0 Å². The van der Waals surface area contributed by atoms with E-state index < -0.39 is 0 Å². The second-order valence-corrected chi connectivity index (χ2v) is 6.18. The largest absolute Gasteiger partial charge is 0.375 e. The summed E-state index contributed by atoms with van der Waals surface area (Å²) in [7, 11) is 1.98. The first kappa shape index (κ1) is 14.0. The second kappa shape index (κ2) is 5.79. The Labute approximate surface area is 126 Å². The van der Waals surface area contributed by atoms with Gasteiger partial charge in [-0.3, -0.25) is 4.90 Å². The van der Waals surface area contributed by atoms with Gasteiger partial charge in [0.25, 0.3) is 0 Å². The Morgan fingerprint density at radius 3 is 2.81 bits per heavy atom. The first-order chi connectivity index (χ1) is 10.1. The number of thiazole rings is 1. The van der Waals surface area contributed by atoms with Gasteiger partial charge in [-0.15, -0.1) is 0 Å². The molecule has 3 nitrogen and oxygen atoms in total. The molecule has 5 heteroatoms. The van der Waals surface area contributed by atoms with Crippen molar-refractivity contribution < 1.29 is 4.39 Å². The molecular weight excluding hydrogens is 285 g/mol. The third-order valence-electron chi connectivity index (χ3n) is 3.32. The number of rotatable bonds is 4. The fourth-order valence-corrected chi connectivity index (χ4v) is 3.17. The van der Waals surface area contributed by atoms with Crippen molar-refractivity contribution in [3.63, 3.8) is 0 Å². The van der Waals surface area contributed by atoms with Crippen molar-refractivity contribution >= 4 is 26.7 Å². The summed E-state index contributed by atoms with van der Waals surface area (Å²) in [6.45, 7) is 1.33. The number of nitrogens with two attached hydrogens (primary N) is 1. The van der Waals surface area contributed by atoms with Gasteiger partial charge in [-0.2, -0.15) is 0 Å². The molecule has 1 heterocycles. The lowest BCUT2D eigenvalue weighted by Gasteiger charge is -2.17. The maximum atomic E-state index is 13.7. The molecule has 1 aromatic heterocycles. The van der Waals surface area contributed by atoms with Crippen LogP contribution in [-0.2, 0) is 13.1 Å². The molecule has 0 bridgehead atoms. The molecule has 2 aromatic carbocycles. The Morgan fingerprint density at radius 2 is 2.00 bits per heavy atom. The normalized spacial score (nSPS) is 11.4. The molecule has 0 radical (unpaired) electrons. The van der Waals surface area contributed by atoms with Crippen molar-refractivity contribution in [3.05, 3.63) is 59.4 Å². The Hall–Kier alpha value is -1.98. The number of nitrogens with zero attached hydrogens (tertiary/aromatic N) is 2. The van der Waals surface area contributed by atoms with E-state index in [1.54, 1.807) is 6.07 Å². The molecule has 0 saturated carbocycles. The summed E-state index contributed by atoms with van der Waals surface area (Å²) in [5, 5.41) is 0.585. The molecule has 0 aliphatic rings. The summed E-state index contributed by atoms with van der Waals surface area (Å²) in [6.07, 6.45) is 0. The Kier molecular flexibility index (Phi) is 3.86. The van der Waals surface area contributed by atoms with E-state index in [9.17, 15) is 4.39 Å². The molecule has 3 rings (SSSR count). The van der Waals surface area contributed by atoms with E-state index >= 15 is 0 Å². The van der Waals surface area contributed by atoms with Gasteiger partial charge in [0.1, 0.15) is 5.82 Å². The maximum Gasteiger partial charge on any atom is 0.181 e. The molecule has 21 heavy (non-hydrogen) atoms. The highest BCUT2D eigenvalue weighted by Crippen LogP contribution is 2.25. The Balaban J connectivity index is 1.73. The molecule has 2 N–H and O–H groups in total. The summed E-state index contributed by atoms with van der Waals surface area (Å²) in [4.78, 5) is 6.33. The number of aromatic nitrogens is 1. The van der Waals surface area contributed by atoms with Gasteiger partial charge < -0.3 is 5.73 Å². The van der Waals surface area contributed by atoms with Crippen LogP contribution >= 0.6 is 11.3 Å². The molecule has 0 aliphatic carbocycles. The number of fused-ring (bicyclic) bond motifs is 1. The lowest BCUT2D eigenvalue weighted by molar-refractivity contribution is 0.314. The average molecular weight is 301 g/mol. The fraction of sp³-hybridized carbons (Fsp3) is 0.188. The lowest BCUT2D eigenvalue weighted by atomic mass is 10.1. The van der Waals surface area contributed by atoms with Crippen molar-refractivity contribution in [2.45, 2.75) is 13.1 Å². The van der Waals surface area contributed by atoms with Crippen molar-refractivity contribution in [3.8, 4) is 0 Å². The monoisotopic (exact) mass is 301 g/mol. The number of hydrogen-bond acceptors (Lipinski definition) is 4. The first-order valence-corrected chi connectivity index (χ1v) is 7.50. The molecule has 0 saturated heterocycles. The van der Waals surface area contributed by atoms with Crippen LogP contribution in [0.1, 0.15) is 11.1 Å². The van der Waals surface area contributed by atoms with Crippen LogP contribution < -0.4 is 5.73 Å². The van der Waals surface area contributed by atoms with E-state index in [-0.39, 0.29) is 5.82 Å². The quantitative estimate of drug-likeness (QED) is 0.800. The summed E-state index contributed by atoms with van der Waals surface area (Å²) >= 11 is 1.49. The van der Waals surface area contributed by atoms with Crippen LogP contribution in [-0.4, -0.2) is 16.9 Å². The van der Waals surface area contributed by atoms with E-state index in [1.165, 1.54) is 23.0 Å². The van der Waals surface area contributed by atoms with E-state index in [2.05, 4.69) is 16.0 Å². The third-order valence-corrected chi connectivity index (χ3v) is 4.17. The van der Waals surface area contributed by atoms with Crippen LogP contribution in [0, 0.1) is 5.82 Å². The third kappa shape index (κ3) is 3.20. The maximum absolute atomic E-state index is 13.7. The zero-order valence-electron chi connectivity index (χ0n) is 11.7. The minimum atomic E-state index is -0.157. The Morgan fingerprint density at radius 1 is 1.19 bits per heavy atom. The molecule has 0 atom stereocenters. The minimum Gasteiger partial charge on any atom is -0.375 e. The highest BCUT2D eigenvalue weighted by Gasteiger charge is 2.07. The predicted molar refractivity (Wildman–Crippen MR) is 85.6 cm³/mol. The van der Waals surface area contributed by atoms with Crippen molar-refractivity contribution in [2.75, 3.05) is 12.8 Å². The van der Waals surface area contributed by atoms with Crippen LogP contribution in [0.5, 0.6) is 0 Å². The van der Waals surface area contributed by atoms with Gasteiger partial charge in [0, 0.05) is 18.7 Å². The van der Waals surface area contributed by atoms with Gasteiger partial charge in [-0.05, 0) is 30.8 Å². The van der Waals surface area contributed by atoms with Gasteiger partial charge in [0.05, 0.1) is 10.2 Å². The molecule has 0 unspecified atom stereocenters. The zero-order valence-corrected chi connectivity index (χ0v) is 12.5. The number of halogens is 1. The van der Waals surface area contributed by atoms with Crippen LogP contribution in [0.3, 0.4) is 0 Å². The van der Waals surface area contributed by atoms with Gasteiger partial charge in [-0.1, -0.05) is 35.6 Å². The van der Waals surface area contributed by atoms with Gasteiger partial charge in [-0.25, -0.2) is 9.37 Å². The van der Waals surface area contributed by atoms with Crippen LogP contribution in [0.15, 0.2) is 42.5 Å². The summed E-state index contributed by atoms with van der Waals surface area (Å²) in [5.74, 6) is -0.157. The van der Waals surface area contributed by atoms with Crippen LogP contribution in [0.25, 0.3) is 10.2 Å². The molecule has 0 fully saturated rings. The summed E-state index contributed by atoms with van der Waals surface area (Å²) < 4.78 is 14.7. The van der Waals surface area contributed by atoms with Gasteiger partial charge in [0.2, 0.25) is 0 Å². The molecule has 3 aromatic rings. The van der Waals surface area contributed by atoms with Crippen molar-refractivity contribution in [1.29, 1.82) is 0 Å². The highest BCUT2D eigenvalue weighted by atomic mass is 32.1. The standard InChI is InChI=1S/C16H16FN3S/c1-20(10-12-4-2-3-5-13(12)17)9-11-6-7-14-15(8-11)21-16(18)19-14/h2-8H,9-10H2,1H3,(H2,18,19). The Bertz CT molecular complexity index is 769. The topological polar surface area (TPSA) is 42.2 Å². The highest BCUT2D eigenvalue weighted by molar-refractivity contribution is 7.22. The number of nitrogen functional groups attached to an aromatic ring is 1.